The average Bonchev–Trinajstić information content (AvgIpc) is 2.63. The van der Waals surface area contributed by atoms with E-state index in [9.17, 15) is 0 Å². The largest absolute Gasteiger partial charge is 0.316 e. The number of nitrogens with one attached hydrogen (secondary N) is 1. The second-order valence-electron chi connectivity index (χ2n) is 3.48. The van der Waals surface area contributed by atoms with E-state index in [1.807, 2.05) is 30.4 Å². The third-order valence-corrected chi connectivity index (χ3v) is 3.62. The van der Waals surface area contributed by atoms with Crippen LogP contribution in [0.5, 0.6) is 0 Å². The minimum atomic E-state index is 0.731. The van der Waals surface area contributed by atoms with Crippen molar-refractivity contribution in [3.05, 3.63) is 11.8 Å². The predicted molar refractivity (Wildman–Crippen MR) is 55.1 cm³/mol. The molecule has 13 heavy (non-hydrogen) atoms. The molecule has 1 aliphatic rings. The molecule has 0 spiro atoms. The van der Waals surface area contributed by atoms with E-state index in [2.05, 4.69) is 16.5 Å². The summed E-state index contributed by atoms with van der Waals surface area (Å²) in [6.45, 7) is 4.33. The SMILES string of the molecule is Cc1cc(SC2CCNC2)n(C)n1. The van der Waals surface area contributed by atoms with Gasteiger partial charge in [0.15, 0.2) is 0 Å². The van der Waals surface area contributed by atoms with E-state index in [0.29, 0.717) is 0 Å². The molecule has 1 unspecified atom stereocenters. The van der Waals surface area contributed by atoms with Gasteiger partial charge in [-0.2, -0.15) is 5.10 Å². The summed E-state index contributed by atoms with van der Waals surface area (Å²) >= 11 is 1.94. The molecule has 0 bridgehead atoms. The summed E-state index contributed by atoms with van der Waals surface area (Å²) in [6.07, 6.45) is 1.27. The summed E-state index contributed by atoms with van der Waals surface area (Å²) in [6, 6.07) is 2.16. The zero-order valence-electron chi connectivity index (χ0n) is 8.08. The Kier molecular flexibility index (Phi) is 2.60. The third kappa shape index (κ3) is 2.06. The van der Waals surface area contributed by atoms with E-state index in [-0.39, 0.29) is 0 Å². The zero-order chi connectivity index (χ0) is 9.26. The van der Waals surface area contributed by atoms with Crippen LogP contribution in [0.1, 0.15) is 12.1 Å². The van der Waals surface area contributed by atoms with E-state index in [4.69, 9.17) is 0 Å². The van der Waals surface area contributed by atoms with Crippen LogP contribution in [0.4, 0.5) is 0 Å². The van der Waals surface area contributed by atoms with Gasteiger partial charge in [0, 0.05) is 18.8 Å². The van der Waals surface area contributed by atoms with Gasteiger partial charge in [0.1, 0.15) is 0 Å². The van der Waals surface area contributed by atoms with E-state index < -0.39 is 0 Å². The van der Waals surface area contributed by atoms with Gasteiger partial charge in [-0.05, 0) is 26.0 Å². The fourth-order valence-electron chi connectivity index (χ4n) is 1.60. The van der Waals surface area contributed by atoms with Gasteiger partial charge in [-0.1, -0.05) is 0 Å². The maximum absolute atomic E-state index is 4.33. The summed E-state index contributed by atoms with van der Waals surface area (Å²) in [5.74, 6) is 0. The Balaban J connectivity index is 2.03. The van der Waals surface area contributed by atoms with E-state index >= 15 is 0 Å². The first-order chi connectivity index (χ1) is 6.25. The minimum absolute atomic E-state index is 0.731. The molecule has 2 rings (SSSR count). The first kappa shape index (κ1) is 9.09. The van der Waals surface area contributed by atoms with Gasteiger partial charge in [-0.15, -0.1) is 11.8 Å². The van der Waals surface area contributed by atoms with Gasteiger partial charge in [-0.25, -0.2) is 0 Å². The van der Waals surface area contributed by atoms with Crippen molar-refractivity contribution in [1.29, 1.82) is 0 Å². The van der Waals surface area contributed by atoms with Crippen molar-refractivity contribution < 1.29 is 0 Å². The van der Waals surface area contributed by atoms with E-state index in [1.54, 1.807) is 0 Å². The maximum atomic E-state index is 4.33. The summed E-state index contributed by atoms with van der Waals surface area (Å²) in [5, 5.41) is 9.71. The minimum Gasteiger partial charge on any atom is -0.316 e. The normalized spacial score (nSPS) is 22.5. The molecule has 0 radical (unpaired) electrons. The van der Waals surface area contributed by atoms with Crippen LogP contribution in [-0.2, 0) is 7.05 Å². The van der Waals surface area contributed by atoms with Gasteiger partial charge in [-0.3, -0.25) is 4.68 Å². The van der Waals surface area contributed by atoms with Crippen LogP contribution in [0.25, 0.3) is 0 Å². The van der Waals surface area contributed by atoms with E-state index in [1.165, 1.54) is 11.4 Å². The molecule has 2 heterocycles. The lowest BCUT2D eigenvalue weighted by Gasteiger charge is -2.06. The lowest BCUT2D eigenvalue weighted by Crippen LogP contribution is -2.10. The number of thioether (sulfide) groups is 1. The topological polar surface area (TPSA) is 29.9 Å². The van der Waals surface area contributed by atoms with Gasteiger partial charge in [0.2, 0.25) is 0 Å². The molecule has 1 saturated heterocycles. The van der Waals surface area contributed by atoms with Crippen molar-refractivity contribution in [2.24, 2.45) is 7.05 Å². The smallest absolute Gasteiger partial charge is 0.0942 e. The average molecular weight is 197 g/mol. The lowest BCUT2D eigenvalue weighted by molar-refractivity contribution is 0.690. The van der Waals surface area contributed by atoms with Crippen molar-refractivity contribution >= 4 is 11.8 Å². The Labute approximate surface area is 82.9 Å². The molecular formula is C9H15N3S. The maximum Gasteiger partial charge on any atom is 0.0942 e. The standard InChI is InChI=1S/C9H15N3S/c1-7-5-9(12(2)11-7)13-8-3-4-10-6-8/h5,8,10H,3-4,6H2,1-2H3. The van der Waals surface area contributed by atoms with Crippen LogP contribution in [0, 0.1) is 6.92 Å². The van der Waals surface area contributed by atoms with Crippen molar-refractivity contribution in [2.75, 3.05) is 13.1 Å². The van der Waals surface area contributed by atoms with Gasteiger partial charge in [0.25, 0.3) is 0 Å². The molecule has 4 heteroatoms. The van der Waals surface area contributed by atoms with Crippen molar-refractivity contribution in [2.45, 2.75) is 23.6 Å². The van der Waals surface area contributed by atoms with Gasteiger partial charge in [0.05, 0.1) is 10.7 Å². The number of aromatic nitrogens is 2. The lowest BCUT2D eigenvalue weighted by atomic mass is 10.4. The molecule has 72 valence electrons. The van der Waals surface area contributed by atoms with Crippen molar-refractivity contribution in [3.63, 3.8) is 0 Å². The fraction of sp³-hybridized carbons (Fsp3) is 0.667. The fourth-order valence-corrected chi connectivity index (χ4v) is 2.81. The molecule has 0 amide bonds. The number of aryl methyl sites for hydroxylation is 2. The summed E-state index contributed by atoms with van der Waals surface area (Å²) in [5.41, 5.74) is 1.11. The number of hydrogen-bond acceptors (Lipinski definition) is 3. The third-order valence-electron chi connectivity index (χ3n) is 2.26. The monoisotopic (exact) mass is 197 g/mol. The number of rotatable bonds is 2. The molecule has 1 aromatic heterocycles. The van der Waals surface area contributed by atoms with E-state index in [0.717, 1.165) is 24.0 Å². The second-order valence-corrected chi connectivity index (χ2v) is 4.80. The first-order valence-corrected chi connectivity index (χ1v) is 5.51. The molecule has 0 aliphatic carbocycles. The highest BCUT2D eigenvalue weighted by atomic mass is 32.2. The Bertz CT molecular complexity index is 289. The Morgan fingerprint density at radius 2 is 2.54 bits per heavy atom. The van der Waals surface area contributed by atoms with Crippen LogP contribution in [-0.4, -0.2) is 28.1 Å². The van der Waals surface area contributed by atoms with Gasteiger partial charge < -0.3 is 5.32 Å². The predicted octanol–water partition coefficient (Wildman–Crippen LogP) is 1.18. The van der Waals surface area contributed by atoms with Crippen LogP contribution in [0.3, 0.4) is 0 Å². The molecule has 3 nitrogen and oxygen atoms in total. The number of hydrogen-bond donors (Lipinski definition) is 1. The van der Waals surface area contributed by atoms with Crippen LogP contribution < -0.4 is 5.32 Å². The molecule has 0 aromatic carbocycles. The molecule has 1 atom stereocenters. The molecule has 1 aromatic rings. The van der Waals surface area contributed by atoms with Crippen molar-refractivity contribution in [3.8, 4) is 0 Å². The Morgan fingerprint density at radius 3 is 3.08 bits per heavy atom. The van der Waals surface area contributed by atoms with Crippen LogP contribution in [0.2, 0.25) is 0 Å². The van der Waals surface area contributed by atoms with Crippen molar-refractivity contribution in [1.82, 2.24) is 15.1 Å². The molecule has 1 fully saturated rings. The Morgan fingerprint density at radius 1 is 1.69 bits per heavy atom. The van der Waals surface area contributed by atoms with Crippen LogP contribution in [0.15, 0.2) is 11.1 Å². The summed E-state index contributed by atoms with van der Waals surface area (Å²) in [7, 11) is 2.01. The quantitative estimate of drug-likeness (QED) is 0.772. The molecule has 0 saturated carbocycles. The number of nitrogens with zero attached hydrogens (tertiary/aromatic N) is 2. The molecule has 1 aliphatic heterocycles. The van der Waals surface area contributed by atoms with Gasteiger partial charge >= 0.3 is 0 Å². The summed E-state index contributed by atoms with van der Waals surface area (Å²) < 4.78 is 1.97. The van der Waals surface area contributed by atoms with Crippen LogP contribution >= 0.6 is 11.8 Å². The highest BCUT2D eigenvalue weighted by Gasteiger charge is 2.17. The summed E-state index contributed by atoms with van der Waals surface area (Å²) in [4.78, 5) is 0. The molecule has 1 N–H and O–H groups in total. The zero-order valence-corrected chi connectivity index (χ0v) is 8.90. The first-order valence-electron chi connectivity index (χ1n) is 4.64. The molecular weight excluding hydrogens is 182 g/mol. The second kappa shape index (κ2) is 3.72. The highest BCUT2D eigenvalue weighted by molar-refractivity contribution is 7.99. The highest BCUT2D eigenvalue weighted by Crippen LogP contribution is 2.26. The Hall–Kier alpha value is -0.480.